The number of carbonyl (C=O) groups excluding carboxylic acids is 3. The van der Waals surface area contributed by atoms with Crippen molar-refractivity contribution in [1.29, 1.82) is 5.26 Å². The minimum atomic E-state index is -0.779. The summed E-state index contributed by atoms with van der Waals surface area (Å²) in [5.41, 5.74) is 0.509. The average Bonchev–Trinajstić information content (AvgIpc) is 2.82. The van der Waals surface area contributed by atoms with E-state index < -0.39 is 5.54 Å². The summed E-state index contributed by atoms with van der Waals surface area (Å²) in [5.74, 6) is -0.924. The fourth-order valence-electron chi connectivity index (χ4n) is 3.56. The molecule has 3 rings (SSSR count). The van der Waals surface area contributed by atoms with Gasteiger partial charge in [-0.15, -0.1) is 0 Å². The number of benzene rings is 1. The monoisotopic (exact) mass is 354 g/mol. The lowest BCUT2D eigenvalue weighted by molar-refractivity contribution is -0.120. The summed E-state index contributed by atoms with van der Waals surface area (Å²) >= 11 is 0. The number of anilines is 1. The molecule has 1 aliphatic heterocycles. The molecule has 1 heterocycles. The SMILES string of the molecule is CN1C(=O)c2ccc(NCC(=O)NC3(C#N)CCCCCC3)cc2C1=O. The molecule has 0 aromatic heterocycles. The Kier molecular flexibility index (Phi) is 4.94. The Labute approximate surface area is 152 Å². The van der Waals surface area contributed by atoms with Crippen LogP contribution < -0.4 is 10.6 Å². The van der Waals surface area contributed by atoms with Crippen molar-refractivity contribution < 1.29 is 14.4 Å². The maximum atomic E-state index is 12.3. The molecule has 2 aliphatic rings. The van der Waals surface area contributed by atoms with E-state index in [2.05, 4.69) is 16.7 Å². The van der Waals surface area contributed by atoms with Gasteiger partial charge in [0, 0.05) is 12.7 Å². The van der Waals surface area contributed by atoms with Crippen LogP contribution in [0.25, 0.3) is 0 Å². The third kappa shape index (κ3) is 3.40. The number of nitrogens with zero attached hydrogens (tertiary/aromatic N) is 2. The molecule has 0 atom stereocenters. The first-order valence-corrected chi connectivity index (χ1v) is 8.88. The maximum absolute atomic E-state index is 12.3. The average molecular weight is 354 g/mol. The standard InChI is InChI=1S/C19H22N4O3/c1-23-17(25)14-7-6-13(10-15(14)18(23)26)21-11-16(24)22-19(12-20)8-4-2-3-5-9-19/h6-7,10,21H,2-5,8-9,11H2,1H3,(H,22,24). The highest BCUT2D eigenvalue weighted by atomic mass is 16.2. The highest BCUT2D eigenvalue weighted by Crippen LogP contribution is 2.27. The van der Waals surface area contributed by atoms with E-state index in [1.165, 1.54) is 7.05 Å². The molecule has 0 saturated heterocycles. The molecule has 0 spiro atoms. The van der Waals surface area contributed by atoms with Crippen molar-refractivity contribution in [3.63, 3.8) is 0 Å². The molecule has 7 heteroatoms. The first-order chi connectivity index (χ1) is 12.5. The fraction of sp³-hybridized carbons (Fsp3) is 0.474. The third-order valence-electron chi connectivity index (χ3n) is 5.09. The lowest BCUT2D eigenvalue weighted by Gasteiger charge is -2.26. The molecule has 3 amide bonds. The third-order valence-corrected chi connectivity index (χ3v) is 5.09. The van der Waals surface area contributed by atoms with Crippen molar-refractivity contribution in [3.8, 4) is 6.07 Å². The Morgan fingerprint density at radius 3 is 2.46 bits per heavy atom. The van der Waals surface area contributed by atoms with Gasteiger partial charge in [0.1, 0.15) is 5.54 Å². The minimum absolute atomic E-state index is 0.000191. The predicted octanol–water partition coefficient (Wildman–Crippen LogP) is 2.06. The van der Waals surface area contributed by atoms with Gasteiger partial charge >= 0.3 is 0 Å². The second-order valence-corrected chi connectivity index (χ2v) is 6.94. The second kappa shape index (κ2) is 7.16. The number of rotatable bonds is 4. The van der Waals surface area contributed by atoms with Crippen LogP contribution >= 0.6 is 0 Å². The van der Waals surface area contributed by atoms with Crippen molar-refractivity contribution in [2.45, 2.75) is 44.1 Å². The first kappa shape index (κ1) is 17.9. The molecule has 1 aromatic carbocycles. The van der Waals surface area contributed by atoms with Crippen molar-refractivity contribution in [2.24, 2.45) is 0 Å². The minimum Gasteiger partial charge on any atom is -0.376 e. The molecule has 0 radical (unpaired) electrons. The molecule has 1 saturated carbocycles. The Morgan fingerprint density at radius 1 is 1.15 bits per heavy atom. The van der Waals surface area contributed by atoms with Gasteiger partial charge in [-0.3, -0.25) is 19.3 Å². The van der Waals surface area contributed by atoms with E-state index in [1.54, 1.807) is 18.2 Å². The molecule has 136 valence electrons. The summed E-state index contributed by atoms with van der Waals surface area (Å²) in [6, 6.07) is 7.12. The zero-order valence-corrected chi connectivity index (χ0v) is 14.8. The zero-order valence-electron chi connectivity index (χ0n) is 14.8. The first-order valence-electron chi connectivity index (χ1n) is 8.88. The summed E-state index contributed by atoms with van der Waals surface area (Å²) in [6.07, 6.45) is 5.42. The van der Waals surface area contributed by atoms with Gasteiger partial charge in [0.05, 0.1) is 23.7 Å². The molecule has 26 heavy (non-hydrogen) atoms. The molecule has 1 aromatic rings. The number of fused-ring (bicyclic) bond motifs is 1. The summed E-state index contributed by atoms with van der Waals surface area (Å²) in [6.45, 7) is 0.000191. The topological polar surface area (TPSA) is 102 Å². The van der Waals surface area contributed by atoms with E-state index in [4.69, 9.17) is 0 Å². The smallest absolute Gasteiger partial charge is 0.261 e. The normalized spacial score (nSPS) is 18.7. The van der Waals surface area contributed by atoms with Crippen molar-refractivity contribution in [1.82, 2.24) is 10.2 Å². The molecular weight excluding hydrogens is 332 g/mol. The van der Waals surface area contributed by atoms with E-state index in [0.29, 0.717) is 29.7 Å². The van der Waals surface area contributed by atoms with Gasteiger partial charge in [-0.25, -0.2) is 0 Å². The van der Waals surface area contributed by atoms with Crippen LogP contribution in [0.5, 0.6) is 0 Å². The molecule has 2 N–H and O–H groups in total. The van der Waals surface area contributed by atoms with E-state index in [9.17, 15) is 19.6 Å². The molecule has 1 fully saturated rings. The summed E-state index contributed by atoms with van der Waals surface area (Å²) < 4.78 is 0. The second-order valence-electron chi connectivity index (χ2n) is 6.94. The molecule has 7 nitrogen and oxygen atoms in total. The van der Waals surface area contributed by atoms with Gasteiger partial charge < -0.3 is 10.6 Å². The number of hydrogen-bond donors (Lipinski definition) is 2. The number of amides is 3. The number of imide groups is 1. The van der Waals surface area contributed by atoms with Crippen molar-refractivity contribution in [3.05, 3.63) is 29.3 Å². The zero-order chi connectivity index (χ0) is 18.7. The number of carbonyl (C=O) groups is 3. The van der Waals surface area contributed by atoms with E-state index in [1.807, 2.05) is 0 Å². The Balaban J connectivity index is 1.63. The van der Waals surface area contributed by atoms with Gasteiger partial charge in [-0.1, -0.05) is 25.7 Å². The Morgan fingerprint density at radius 2 is 1.81 bits per heavy atom. The molecule has 0 unspecified atom stereocenters. The number of nitrogens with one attached hydrogen (secondary N) is 2. The lowest BCUT2D eigenvalue weighted by Crippen LogP contribution is -2.48. The molecule has 1 aliphatic carbocycles. The van der Waals surface area contributed by atoms with Crippen LogP contribution in [0.15, 0.2) is 18.2 Å². The summed E-state index contributed by atoms with van der Waals surface area (Å²) in [4.78, 5) is 37.3. The van der Waals surface area contributed by atoms with E-state index >= 15 is 0 Å². The Bertz CT molecular complexity index is 788. The van der Waals surface area contributed by atoms with Crippen LogP contribution in [0.2, 0.25) is 0 Å². The van der Waals surface area contributed by atoms with Crippen LogP contribution in [0.4, 0.5) is 5.69 Å². The summed E-state index contributed by atoms with van der Waals surface area (Å²) in [7, 11) is 1.44. The highest BCUT2D eigenvalue weighted by Gasteiger charge is 2.33. The number of nitriles is 1. The molecular formula is C19H22N4O3. The number of hydrogen-bond acceptors (Lipinski definition) is 5. The van der Waals surface area contributed by atoms with Crippen molar-refractivity contribution >= 4 is 23.4 Å². The van der Waals surface area contributed by atoms with Crippen molar-refractivity contribution in [2.75, 3.05) is 18.9 Å². The largest absolute Gasteiger partial charge is 0.376 e. The van der Waals surface area contributed by atoms with Gasteiger partial charge in [0.25, 0.3) is 11.8 Å². The van der Waals surface area contributed by atoms with Crippen LogP contribution in [0.3, 0.4) is 0 Å². The van der Waals surface area contributed by atoms with E-state index in [0.717, 1.165) is 30.6 Å². The van der Waals surface area contributed by atoms with E-state index in [-0.39, 0.29) is 24.3 Å². The van der Waals surface area contributed by atoms with Gasteiger partial charge in [-0.2, -0.15) is 5.26 Å². The van der Waals surface area contributed by atoms with Gasteiger partial charge in [-0.05, 0) is 31.0 Å². The van der Waals surface area contributed by atoms with Crippen LogP contribution in [0.1, 0.15) is 59.2 Å². The van der Waals surface area contributed by atoms with Crippen LogP contribution in [-0.2, 0) is 4.79 Å². The van der Waals surface area contributed by atoms with Gasteiger partial charge in [0.2, 0.25) is 5.91 Å². The predicted molar refractivity (Wildman–Crippen MR) is 95.5 cm³/mol. The van der Waals surface area contributed by atoms with Gasteiger partial charge in [0.15, 0.2) is 0 Å². The molecule has 0 bridgehead atoms. The lowest BCUT2D eigenvalue weighted by atomic mass is 9.92. The Hall–Kier alpha value is -2.88. The maximum Gasteiger partial charge on any atom is 0.261 e. The quantitative estimate of drug-likeness (QED) is 0.636. The highest BCUT2D eigenvalue weighted by molar-refractivity contribution is 6.21. The van der Waals surface area contributed by atoms with Crippen LogP contribution in [-0.4, -0.2) is 41.8 Å². The summed E-state index contributed by atoms with van der Waals surface area (Å²) in [5, 5.41) is 15.4. The fourth-order valence-corrected chi connectivity index (χ4v) is 3.56. The van der Waals surface area contributed by atoms with Crippen LogP contribution in [0, 0.1) is 11.3 Å².